The van der Waals surface area contributed by atoms with Crippen molar-refractivity contribution in [2.75, 3.05) is 0 Å². The largest absolute Gasteiger partial charge is 0.300 e. The van der Waals surface area contributed by atoms with Crippen LogP contribution in [0.15, 0.2) is 42.6 Å². The number of aromatic nitrogens is 1. The van der Waals surface area contributed by atoms with Crippen LogP contribution in [0, 0.1) is 17.2 Å². The van der Waals surface area contributed by atoms with Gasteiger partial charge < -0.3 is 0 Å². The molecule has 29 heavy (non-hydrogen) atoms. The van der Waals surface area contributed by atoms with Gasteiger partial charge in [0.2, 0.25) is 0 Å². The fourth-order valence-electron chi connectivity index (χ4n) is 4.98. The smallest absolute Gasteiger partial charge is 0.133 e. The van der Waals surface area contributed by atoms with Gasteiger partial charge >= 0.3 is 0 Å². The van der Waals surface area contributed by atoms with Crippen LogP contribution in [-0.4, -0.2) is 10.8 Å². The number of aryl methyl sites for hydroxylation is 2. The molecule has 1 saturated carbocycles. The van der Waals surface area contributed by atoms with Crippen molar-refractivity contribution in [3.05, 3.63) is 70.6 Å². The second-order valence-electron chi connectivity index (χ2n) is 8.45. The van der Waals surface area contributed by atoms with Crippen molar-refractivity contribution in [3.63, 3.8) is 0 Å². The molecule has 2 aliphatic carbocycles. The van der Waals surface area contributed by atoms with E-state index in [4.69, 9.17) is 4.98 Å². The number of rotatable bonds is 6. The Labute approximate surface area is 177 Å². The van der Waals surface area contributed by atoms with Gasteiger partial charge in [-0.3, -0.25) is 9.78 Å². The molecule has 0 radical (unpaired) electrons. The van der Waals surface area contributed by atoms with E-state index in [9.17, 15) is 10.1 Å². The molecular formula is C26H34N2O. The van der Waals surface area contributed by atoms with Gasteiger partial charge in [0.1, 0.15) is 5.78 Å². The Balaban J connectivity index is 0.00000171. The molecular weight excluding hydrogens is 356 g/mol. The van der Waals surface area contributed by atoms with Crippen LogP contribution in [0.3, 0.4) is 0 Å². The van der Waals surface area contributed by atoms with E-state index in [1.807, 2.05) is 30.5 Å². The average molecular weight is 391 g/mol. The quantitative estimate of drug-likeness (QED) is 0.564. The van der Waals surface area contributed by atoms with Crippen LogP contribution in [0.4, 0.5) is 0 Å². The van der Waals surface area contributed by atoms with Crippen molar-refractivity contribution in [1.29, 1.82) is 5.26 Å². The molecule has 0 bridgehead atoms. The maximum atomic E-state index is 12.7. The molecule has 4 rings (SSSR count). The maximum Gasteiger partial charge on any atom is 0.133 e. The summed E-state index contributed by atoms with van der Waals surface area (Å²) in [4.78, 5) is 17.4. The first kappa shape index (κ1) is 19.6. The Morgan fingerprint density at radius 2 is 2.14 bits per heavy atom. The van der Waals surface area contributed by atoms with Crippen LogP contribution >= 0.6 is 0 Å². The minimum absolute atomic E-state index is 0. The number of hydrogen-bond acceptors (Lipinski definition) is 3. The SMILES string of the molecule is N#Cc1ccccc1CCC(=O)CC1CCCC(c2nccc3c2C=CCC3)C1.[HH].[HH].[HH]. The molecule has 2 aliphatic rings. The van der Waals surface area contributed by atoms with E-state index in [1.165, 1.54) is 29.7 Å². The molecule has 0 amide bonds. The Morgan fingerprint density at radius 3 is 3.03 bits per heavy atom. The van der Waals surface area contributed by atoms with E-state index in [-0.39, 0.29) is 4.28 Å². The van der Waals surface area contributed by atoms with Crippen molar-refractivity contribution >= 4 is 11.9 Å². The third-order valence-electron chi connectivity index (χ3n) is 6.47. The maximum absolute atomic E-state index is 12.7. The monoisotopic (exact) mass is 390 g/mol. The van der Waals surface area contributed by atoms with E-state index in [2.05, 4.69) is 24.3 Å². The average Bonchev–Trinajstić information content (AvgIpc) is 2.77. The van der Waals surface area contributed by atoms with E-state index >= 15 is 0 Å². The minimum atomic E-state index is 0. The molecule has 0 spiro atoms. The lowest BCUT2D eigenvalue weighted by Crippen LogP contribution is -2.19. The summed E-state index contributed by atoms with van der Waals surface area (Å²) in [5, 5.41) is 9.22. The zero-order valence-corrected chi connectivity index (χ0v) is 16.9. The highest BCUT2D eigenvalue weighted by molar-refractivity contribution is 5.79. The fraction of sp³-hybridized carbons (Fsp3) is 0.423. The van der Waals surface area contributed by atoms with Gasteiger partial charge in [-0.15, -0.1) is 0 Å². The fourth-order valence-corrected chi connectivity index (χ4v) is 4.98. The molecule has 1 aromatic carbocycles. The first-order valence-corrected chi connectivity index (χ1v) is 10.9. The molecule has 3 nitrogen and oxygen atoms in total. The molecule has 2 atom stereocenters. The first-order chi connectivity index (χ1) is 14.2. The van der Waals surface area contributed by atoms with Crippen LogP contribution in [-0.2, 0) is 17.6 Å². The van der Waals surface area contributed by atoms with Crippen LogP contribution in [0.5, 0.6) is 0 Å². The standard InChI is InChI=1S/C26H28N2O.3H2/c27-18-23-9-2-1-7-20(23)12-13-24(29)17-19-6-5-10-22(16-19)26-25-11-4-3-8-21(25)14-15-28-26;;;/h1-2,4,7,9,11,14-15,19,22H,3,5-6,8,10,12-13,16-17H2;3*1H. The molecule has 0 saturated heterocycles. The van der Waals surface area contributed by atoms with Crippen LogP contribution < -0.4 is 0 Å². The zero-order chi connectivity index (χ0) is 20.1. The van der Waals surface area contributed by atoms with E-state index in [1.54, 1.807) is 0 Å². The highest BCUT2D eigenvalue weighted by Crippen LogP contribution is 2.39. The Bertz CT molecular complexity index is 968. The molecule has 1 heterocycles. The molecule has 0 aliphatic heterocycles. The van der Waals surface area contributed by atoms with Crippen molar-refractivity contribution < 1.29 is 9.07 Å². The number of nitrogens with zero attached hydrogens (tertiary/aromatic N) is 2. The second kappa shape index (κ2) is 9.18. The summed E-state index contributed by atoms with van der Waals surface area (Å²) in [6, 6.07) is 12.0. The summed E-state index contributed by atoms with van der Waals surface area (Å²) in [7, 11) is 0. The molecule has 2 unspecified atom stereocenters. The van der Waals surface area contributed by atoms with Gasteiger partial charge in [0, 0.05) is 29.2 Å². The summed E-state index contributed by atoms with van der Waals surface area (Å²) < 4.78 is 0. The molecule has 3 heteroatoms. The van der Waals surface area contributed by atoms with Gasteiger partial charge in [-0.2, -0.15) is 5.26 Å². The van der Waals surface area contributed by atoms with Gasteiger partial charge in [-0.1, -0.05) is 36.8 Å². The predicted octanol–water partition coefficient (Wildman–Crippen LogP) is 6.52. The number of fused-ring (bicyclic) bond motifs is 1. The van der Waals surface area contributed by atoms with Gasteiger partial charge in [0.05, 0.1) is 17.3 Å². The predicted molar refractivity (Wildman–Crippen MR) is 122 cm³/mol. The summed E-state index contributed by atoms with van der Waals surface area (Å²) in [6.07, 6.45) is 15.1. The third-order valence-corrected chi connectivity index (χ3v) is 6.47. The number of pyridine rings is 1. The van der Waals surface area contributed by atoms with E-state index in [0.29, 0.717) is 42.4 Å². The van der Waals surface area contributed by atoms with Crippen molar-refractivity contribution in [2.24, 2.45) is 5.92 Å². The summed E-state index contributed by atoms with van der Waals surface area (Å²) >= 11 is 0. The van der Waals surface area contributed by atoms with Crippen LogP contribution in [0.25, 0.3) is 6.08 Å². The van der Waals surface area contributed by atoms with E-state index in [0.717, 1.165) is 31.2 Å². The van der Waals surface area contributed by atoms with Gasteiger partial charge in [0.15, 0.2) is 0 Å². The number of carbonyl (C=O) groups excluding carboxylic acids is 1. The number of nitriles is 1. The van der Waals surface area contributed by atoms with Crippen molar-refractivity contribution in [2.45, 2.75) is 63.7 Å². The van der Waals surface area contributed by atoms with Gasteiger partial charge in [-0.25, -0.2) is 0 Å². The Hall–Kier alpha value is -2.73. The molecule has 154 valence electrons. The summed E-state index contributed by atoms with van der Waals surface area (Å²) in [6.45, 7) is 0. The van der Waals surface area contributed by atoms with E-state index < -0.39 is 0 Å². The van der Waals surface area contributed by atoms with Crippen LogP contribution in [0.1, 0.15) is 83.1 Å². The van der Waals surface area contributed by atoms with Crippen LogP contribution in [0.2, 0.25) is 0 Å². The highest BCUT2D eigenvalue weighted by Gasteiger charge is 2.27. The molecule has 2 aromatic rings. The third kappa shape index (κ3) is 4.65. The minimum Gasteiger partial charge on any atom is -0.300 e. The Morgan fingerprint density at radius 1 is 1.24 bits per heavy atom. The number of hydrogen-bond donors (Lipinski definition) is 0. The lowest BCUT2D eigenvalue weighted by Gasteiger charge is -2.30. The molecule has 0 N–H and O–H groups in total. The number of ketones is 1. The van der Waals surface area contributed by atoms with Gasteiger partial charge in [-0.05, 0) is 73.3 Å². The lowest BCUT2D eigenvalue weighted by atomic mass is 9.75. The number of carbonyl (C=O) groups is 1. The zero-order valence-electron chi connectivity index (χ0n) is 16.9. The number of allylic oxidation sites excluding steroid dienone is 1. The van der Waals surface area contributed by atoms with Crippen molar-refractivity contribution in [1.82, 2.24) is 4.98 Å². The normalized spacial score (nSPS) is 20.7. The highest BCUT2D eigenvalue weighted by atomic mass is 16.1. The second-order valence-corrected chi connectivity index (χ2v) is 8.45. The Kier molecular flexibility index (Phi) is 6.20. The number of benzene rings is 1. The number of Topliss-reactive ketones (excluding diaryl/α,β-unsaturated/α-hetero) is 1. The molecule has 1 aromatic heterocycles. The van der Waals surface area contributed by atoms with Gasteiger partial charge in [0.25, 0.3) is 0 Å². The lowest BCUT2D eigenvalue weighted by molar-refractivity contribution is -0.120. The topological polar surface area (TPSA) is 53.8 Å². The molecule has 1 fully saturated rings. The van der Waals surface area contributed by atoms with Crippen molar-refractivity contribution in [3.8, 4) is 6.07 Å². The first-order valence-electron chi connectivity index (χ1n) is 10.9. The summed E-state index contributed by atoms with van der Waals surface area (Å²) in [5.41, 5.74) is 5.68. The summed E-state index contributed by atoms with van der Waals surface area (Å²) in [5.74, 6) is 1.25.